The van der Waals surface area contributed by atoms with Crippen molar-refractivity contribution >= 4 is 29.1 Å². The molecular weight excluding hydrogens is 491 g/mol. The Morgan fingerprint density at radius 1 is 1.06 bits per heavy atom. The molecule has 13 heteroatoms. The lowest BCUT2D eigenvalue weighted by molar-refractivity contribution is -0.192. The maximum absolute atomic E-state index is 12.8. The van der Waals surface area contributed by atoms with Gasteiger partial charge in [-0.2, -0.15) is 13.2 Å². The number of phenols is 1. The van der Waals surface area contributed by atoms with Gasteiger partial charge in [0.2, 0.25) is 0 Å². The number of piperazine rings is 1. The van der Waals surface area contributed by atoms with E-state index in [0.29, 0.717) is 30.4 Å². The van der Waals surface area contributed by atoms with Crippen molar-refractivity contribution in [3.63, 3.8) is 0 Å². The van der Waals surface area contributed by atoms with Gasteiger partial charge in [-0.15, -0.1) is 0 Å². The van der Waals surface area contributed by atoms with Gasteiger partial charge in [0.15, 0.2) is 0 Å². The van der Waals surface area contributed by atoms with Crippen molar-refractivity contribution < 1.29 is 33.0 Å². The zero-order valence-corrected chi connectivity index (χ0v) is 19.1. The average molecular weight is 514 g/mol. The molecule has 3 heterocycles. The van der Waals surface area contributed by atoms with Crippen molar-refractivity contribution in [1.29, 1.82) is 0 Å². The number of alkyl halides is 3. The molecule has 1 fully saturated rings. The van der Waals surface area contributed by atoms with Crippen molar-refractivity contribution in [3.05, 3.63) is 64.6 Å². The minimum absolute atomic E-state index is 0.0506. The van der Waals surface area contributed by atoms with Crippen molar-refractivity contribution in [2.24, 2.45) is 5.73 Å². The second-order valence-corrected chi connectivity index (χ2v) is 8.20. The van der Waals surface area contributed by atoms with Crippen molar-refractivity contribution in [2.75, 3.05) is 26.2 Å². The molecule has 3 aromatic rings. The number of carboxylic acids is 1. The Morgan fingerprint density at radius 2 is 1.69 bits per heavy atom. The van der Waals surface area contributed by atoms with Gasteiger partial charge in [0.1, 0.15) is 17.1 Å². The molecule has 0 unspecified atom stereocenters. The summed E-state index contributed by atoms with van der Waals surface area (Å²) in [5.41, 5.74) is 8.90. The number of carbonyl (C=O) groups is 2. The topological polar surface area (TPSA) is 124 Å². The number of carboxylic acid groups (broad SMARTS) is 1. The summed E-state index contributed by atoms with van der Waals surface area (Å²) in [6.45, 7) is 4.02. The highest BCUT2D eigenvalue weighted by Gasteiger charge is 2.38. The molecule has 1 amide bonds. The van der Waals surface area contributed by atoms with E-state index in [1.807, 2.05) is 33.7 Å². The van der Waals surface area contributed by atoms with Gasteiger partial charge in [0, 0.05) is 51.7 Å². The third-order valence-electron chi connectivity index (χ3n) is 5.29. The zero-order valence-electron chi connectivity index (χ0n) is 18.4. The second kappa shape index (κ2) is 10.9. The van der Waals surface area contributed by atoms with Crippen molar-refractivity contribution in [2.45, 2.75) is 19.3 Å². The molecule has 0 aliphatic carbocycles. The summed E-state index contributed by atoms with van der Waals surface area (Å²) in [7, 11) is 0. The van der Waals surface area contributed by atoms with Crippen LogP contribution in [0.5, 0.6) is 5.75 Å². The summed E-state index contributed by atoms with van der Waals surface area (Å²) in [4.78, 5) is 30.3. The number of hydrogen-bond acceptors (Lipinski definition) is 6. The lowest BCUT2D eigenvalue weighted by Crippen LogP contribution is -2.48. The predicted molar refractivity (Wildman–Crippen MR) is 121 cm³/mol. The van der Waals surface area contributed by atoms with Gasteiger partial charge in [-0.25, -0.2) is 9.78 Å². The molecule has 0 saturated carbocycles. The van der Waals surface area contributed by atoms with Crippen LogP contribution in [-0.2, 0) is 17.9 Å². The van der Waals surface area contributed by atoms with Gasteiger partial charge < -0.3 is 25.2 Å². The lowest BCUT2D eigenvalue weighted by atomic mass is 10.2. The lowest BCUT2D eigenvalue weighted by Gasteiger charge is -2.34. The maximum atomic E-state index is 12.8. The van der Waals surface area contributed by atoms with Gasteiger partial charge in [-0.3, -0.25) is 9.69 Å². The van der Waals surface area contributed by atoms with E-state index in [9.17, 15) is 23.1 Å². The van der Waals surface area contributed by atoms with Crippen molar-refractivity contribution in [3.8, 4) is 5.75 Å². The number of phenolic OH excluding ortho intramolecular Hbond substituents is 1. The number of rotatable bonds is 4. The molecule has 0 atom stereocenters. The zero-order chi connectivity index (χ0) is 25.8. The fourth-order valence-electron chi connectivity index (χ4n) is 3.44. The molecule has 9 nitrogen and oxygen atoms in total. The summed E-state index contributed by atoms with van der Waals surface area (Å²) >= 11 is 5.98. The van der Waals surface area contributed by atoms with Crippen LogP contribution in [0.3, 0.4) is 0 Å². The Hall–Kier alpha value is -3.35. The molecule has 0 spiro atoms. The number of benzene rings is 1. The van der Waals surface area contributed by atoms with E-state index in [-0.39, 0.29) is 11.7 Å². The van der Waals surface area contributed by atoms with Crippen LogP contribution in [0.25, 0.3) is 5.65 Å². The van der Waals surface area contributed by atoms with Gasteiger partial charge in [-0.05, 0) is 29.3 Å². The van der Waals surface area contributed by atoms with E-state index in [0.717, 1.165) is 36.4 Å². The standard InChI is InChI=1S/C20H22ClN5O2.C2HF3O2/c21-16-9-14(1-3-18(16)27)11-24-5-7-25(8-6-24)20(28)17-13-26-12-15(10-22)2-4-19(26)23-17;3-2(4,5)1(6)7/h1-4,9,12-13,27H,5-8,10-11,22H2;(H,6,7). The van der Waals surface area contributed by atoms with E-state index >= 15 is 0 Å². The van der Waals surface area contributed by atoms with Crippen molar-refractivity contribution in [1.82, 2.24) is 19.2 Å². The van der Waals surface area contributed by atoms with Crippen LogP contribution in [0.1, 0.15) is 21.6 Å². The molecule has 2 aromatic heterocycles. The van der Waals surface area contributed by atoms with E-state index in [4.69, 9.17) is 27.2 Å². The highest BCUT2D eigenvalue weighted by atomic mass is 35.5. The Morgan fingerprint density at radius 3 is 2.26 bits per heavy atom. The van der Waals surface area contributed by atoms with Crippen LogP contribution in [0.2, 0.25) is 5.02 Å². The molecular formula is C22H23ClF3N5O4. The van der Waals surface area contributed by atoms with Crippen LogP contribution in [-0.4, -0.2) is 73.6 Å². The Kier molecular flexibility index (Phi) is 8.20. The molecule has 0 bridgehead atoms. The number of halogens is 4. The summed E-state index contributed by atoms with van der Waals surface area (Å²) in [6.07, 6.45) is -1.42. The van der Waals surface area contributed by atoms with E-state index in [1.54, 1.807) is 18.3 Å². The molecule has 1 aliphatic rings. The number of amides is 1. The average Bonchev–Trinajstić information content (AvgIpc) is 3.24. The number of pyridine rings is 1. The highest BCUT2D eigenvalue weighted by Crippen LogP contribution is 2.24. The fourth-order valence-corrected chi connectivity index (χ4v) is 3.64. The minimum Gasteiger partial charge on any atom is -0.506 e. The summed E-state index contributed by atoms with van der Waals surface area (Å²) < 4.78 is 33.6. The molecule has 35 heavy (non-hydrogen) atoms. The Labute approximate surface area is 203 Å². The first-order chi connectivity index (χ1) is 16.5. The third kappa shape index (κ3) is 6.84. The largest absolute Gasteiger partial charge is 0.506 e. The Balaban J connectivity index is 0.000000429. The van der Waals surface area contributed by atoms with Gasteiger partial charge >= 0.3 is 12.1 Å². The summed E-state index contributed by atoms with van der Waals surface area (Å²) in [5, 5.41) is 17.0. The molecule has 0 radical (unpaired) electrons. The van der Waals surface area contributed by atoms with Crippen LogP contribution in [0.4, 0.5) is 13.2 Å². The van der Waals surface area contributed by atoms with Gasteiger partial charge in [0.05, 0.1) is 5.02 Å². The number of nitrogens with two attached hydrogens (primary N) is 1. The van der Waals surface area contributed by atoms with E-state index in [1.165, 1.54) is 0 Å². The van der Waals surface area contributed by atoms with Crippen LogP contribution in [0.15, 0.2) is 42.7 Å². The number of carbonyl (C=O) groups excluding carboxylic acids is 1. The fraction of sp³-hybridized carbons (Fsp3) is 0.318. The smallest absolute Gasteiger partial charge is 0.490 e. The first kappa shape index (κ1) is 26.3. The van der Waals surface area contributed by atoms with E-state index < -0.39 is 12.1 Å². The first-order valence-corrected chi connectivity index (χ1v) is 10.8. The summed E-state index contributed by atoms with van der Waals surface area (Å²) in [6, 6.07) is 9.05. The van der Waals surface area contributed by atoms with Gasteiger partial charge in [0.25, 0.3) is 5.91 Å². The molecule has 1 saturated heterocycles. The molecule has 1 aromatic carbocycles. The first-order valence-electron chi connectivity index (χ1n) is 10.4. The number of nitrogens with zero attached hydrogens (tertiary/aromatic N) is 4. The van der Waals surface area contributed by atoms with Gasteiger partial charge in [-0.1, -0.05) is 23.7 Å². The number of fused-ring (bicyclic) bond motifs is 1. The molecule has 1 aliphatic heterocycles. The summed E-state index contributed by atoms with van der Waals surface area (Å²) in [5.74, 6) is -2.72. The number of imidazole rings is 1. The number of aliphatic carboxylic acids is 1. The van der Waals surface area contributed by atoms with Crippen LogP contribution < -0.4 is 5.73 Å². The van der Waals surface area contributed by atoms with E-state index in [2.05, 4.69) is 9.88 Å². The maximum Gasteiger partial charge on any atom is 0.490 e. The molecule has 4 rings (SSSR count). The number of aromatic hydroxyl groups is 1. The third-order valence-corrected chi connectivity index (χ3v) is 5.59. The number of aromatic nitrogens is 2. The highest BCUT2D eigenvalue weighted by molar-refractivity contribution is 6.32. The van der Waals surface area contributed by atoms with Crippen LogP contribution in [0, 0.1) is 0 Å². The van der Waals surface area contributed by atoms with Crippen LogP contribution >= 0.6 is 11.6 Å². The number of hydrogen-bond donors (Lipinski definition) is 3. The predicted octanol–water partition coefficient (Wildman–Crippen LogP) is 2.74. The SMILES string of the molecule is NCc1ccc2nc(C(=O)N3CCN(Cc4ccc(O)c(Cl)c4)CC3)cn2c1.O=C(O)C(F)(F)F. The molecule has 4 N–H and O–H groups in total. The minimum atomic E-state index is -5.08. The Bertz CT molecular complexity index is 1210. The second-order valence-electron chi connectivity index (χ2n) is 7.79. The molecule has 188 valence electrons. The normalized spacial score (nSPS) is 14.5. The quantitative estimate of drug-likeness (QED) is 0.490. The monoisotopic (exact) mass is 513 g/mol.